The quantitative estimate of drug-likeness (QED) is 0.531. The van der Waals surface area contributed by atoms with Gasteiger partial charge in [-0.25, -0.2) is 4.79 Å². The van der Waals surface area contributed by atoms with Gasteiger partial charge in [0.2, 0.25) is 0 Å². The molecule has 2 aromatic carbocycles. The van der Waals surface area contributed by atoms with Gasteiger partial charge in [-0.2, -0.15) is 10.1 Å². The van der Waals surface area contributed by atoms with E-state index in [2.05, 4.69) is 21.9 Å². The highest BCUT2D eigenvalue weighted by molar-refractivity contribution is 5.87. The number of benzene rings is 2. The maximum absolute atomic E-state index is 12.2. The number of carboxylic acids is 1. The fourth-order valence-electron chi connectivity index (χ4n) is 2.72. The molecule has 0 saturated heterocycles. The summed E-state index contributed by atoms with van der Waals surface area (Å²) in [7, 11) is 0. The molecule has 0 spiro atoms. The summed E-state index contributed by atoms with van der Waals surface area (Å²) in [5.74, 6) is 5.43. The van der Waals surface area contributed by atoms with Crippen LogP contribution in [-0.4, -0.2) is 25.8 Å². The highest BCUT2D eigenvalue weighted by Gasteiger charge is 2.11. The van der Waals surface area contributed by atoms with E-state index < -0.39 is 5.97 Å². The van der Waals surface area contributed by atoms with Crippen molar-refractivity contribution in [3.63, 3.8) is 0 Å². The lowest BCUT2D eigenvalue weighted by Gasteiger charge is -1.99. The topological polar surface area (TPSA) is 98.2 Å². The minimum Gasteiger partial charge on any atom is -0.478 e. The second-order valence-electron chi connectivity index (χ2n) is 6.32. The molecule has 7 nitrogen and oxygen atoms in total. The highest BCUT2D eigenvalue weighted by Crippen LogP contribution is 2.20. The van der Waals surface area contributed by atoms with Crippen LogP contribution in [0.1, 0.15) is 21.6 Å². The van der Waals surface area contributed by atoms with E-state index >= 15 is 0 Å². The Kier molecular flexibility index (Phi) is 5.22. The predicted octanol–water partition coefficient (Wildman–Crippen LogP) is 3.18. The SMILES string of the molecule is O=C(O)c1ccc(CC#Cc2ccc(=O)n(-c3ncc(-c4ccccc4)o3)n2)cc1. The van der Waals surface area contributed by atoms with Crippen molar-refractivity contribution in [2.24, 2.45) is 0 Å². The maximum atomic E-state index is 12.2. The lowest BCUT2D eigenvalue weighted by atomic mass is 10.1. The standard InChI is InChI=1S/C23H15N3O4/c27-21-14-13-19(8-4-5-16-9-11-18(12-10-16)22(28)29)25-26(21)23-24-15-20(30-23)17-6-2-1-3-7-17/h1-3,6-7,9-15H,5H2,(H,28,29). The van der Waals surface area contributed by atoms with Gasteiger partial charge >= 0.3 is 12.0 Å². The Morgan fingerprint density at radius 1 is 1.03 bits per heavy atom. The molecule has 0 amide bonds. The molecule has 0 saturated carbocycles. The normalized spacial score (nSPS) is 10.3. The number of oxazole rings is 1. The minimum atomic E-state index is -0.971. The van der Waals surface area contributed by atoms with Gasteiger partial charge in [0.15, 0.2) is 5.76 Å². The summed E-state index contributed by atoms with van der Waals surface area (Å²) in [6.45, 7) is 0. The molecule has 0 radical (unpaired) electrons. The molecule has 4 aromatic rings. The smallest absolute Gasteiger partial charge is 0.335 e. The average molecular weight is 397 g/mol. The van der Waals surface area contributed by atoms with Crippen LogP contribution in [0.2, 0.25) is 0 Å². The van der Waals surface area contributed by atoms with Gasteiger partial charge in [0.25, 0.3) is 5.56 Å². The Morgan fingerprint density at radius 3 is 2.53 bits per heavy atom. The van der Waals surface area contributed by atoms with Gasteiger partial charge in [0, 0.05) is 18.1 Å². The lowest BCUT2D eigenvalue weighted by Crippen LogP contribution is -2.20. The van der Waals surface area contributed by atoms with Crippen LogP contribution in [-0.2, 0) is 6.42 Å². The number of hydrogen-bond acceptors (Lipinski definition) is 5. The average Bonchev–Trinajstić information content (AvgIpc) is 3.26. The fourth-order valence-corrected chi connectivity index (χ4v) is 2.72. The Balaban J connectivity index is 1.54. The largest absolute Gasteiger partial charge is 0.478 e. The number of aromatic nitrogens is 3. The summed E-state index contributed by atoms with van der Waals surface area (Å²) in [5, 5.41) is 13.1. The van der Waals surface area contributed by atoms with Crippen LogP contribution in [0, 0.1) is 11.8 Å². The summed E-state index contributed by atoms with van der Waals surface area (Å²) in [5.41, 5.74) is 1.94. The van der Waals surface area contributed by atoms with Crippen LogP contribution in [0.3, 0.4) is 0 Å². The predicted molar refractivity (Wildman–Crippen MR) is 109 cm³/mol. The molecule has 0 bridgehead atoms. The van der Waals surface area contributed by atoms with E-state index in [4.69, 9.17) is 9.52 Å². The molecule has 7 heteroatoms. The number of carboxylic acid groups (broad SMARTS) is 1. The highest BCUT2D eigenvalue weighted by atomic mass is 16.4. The zero-order chi connectivity index (χ0) is 20.9. The summed E-state index contributed by atoms with van der Waals surface area (Å²) in [6.07, 6.45) is 1.95. The van der Waals surface area contributed by atoms with Gasteiger partial charge in [0.05, 0.1) is 11.8 Å². The van der Waals surface area contributed by atoms with E-state index in [0.717, 1.165) is 15.8 Å². The zero-order valence-electron chi connectivity index (χ0n) is 15.6. The molecule has 0 atom stereocenters. The van der Waals surface area contributed by atoms with Gasteiger partial charge in [-0.15, -0.1) is 4.68 Å². The van der Waals surface area contributed by atoms with E-state index in [9.17, 15) is 9.59 Å². The molecule has 2 aromatic heterocycles. The maximum Gasteiger partial charge on any atom is 0.335 e. The third-order valence-electron chi connectivity index (χ3n) is 4.24. The monoisotopic (exact) mass is 397 g/mol. The van der Waals surface area contributed by atoms with E-state index in [0.29, 0.717) is 17.9 Å². The minimum absolute atomic E-state index is 0.0618. The lowest BCUT2D eigenvalue weighted by molar-refractivity contribution is 0.0697. The summed E-state index contributed by atoms with van der Waals surface area (Å²) in [6, 6.07) is 18.9. The fraction of sp³-hybridized carbons (Fsp3) is 0.0435. The number of nitrogens with zero attached hydrogens (tertiary/aromatic N) is 3. The number of carbonyl (C=O) groups is 1. The van der Waals surface area contributed by atoms with Crippen molar-refractivity contribution in [3.05, 3.63) is 100 Å². The van der Waals surface area contributed by atoms with Crippen molar-refractivity contribution in [3.8, 4) is 29.2 Å². The van der Waals surface area contributed by atoms with Crippen LogP contribution in [0.4, 0.5) is 0 Å². The van der Waals surface area contributed by atoms with Crippen molar-refractivity contribution < 1.29 is 14.3 Å². The van der Waals surface area contributed by atoms with E-state index in [1.54, 1.807) is 12.1 Å². The van der Waals surface area contributed by atoms with Gasteiger partial charge in [-0.05, 0) is 29.7 Å². The van der Waals surface area contributed by atoms with Crippen LogP contribution >= 0.6 is 0 Å². The summed E-state index contributed by atoms with van der Waals surface area (Å²) < 4.78 is 6.76. The molecule has 146 valence electrons. The van der Waals surface area contributed by atoms with E-state index in [-0.39, 0.29) is 17.1 Å². The van der Waals surface area contributed by atoms with E-state index in [1.165, 1.54) is 30.5 Å². The zero-order valence-corrected chi connectivity index (χ0v) is 15.6. The van der Waals surface area contributed by atoms with Gasteiger partial charge in [-0.3, -0.25) is 4.79 Å². The number of aromatic carboxylic acids is 1. The molecule has 0 unspecified atom stereocenters. The Bertz CT molecular complexity index is 1310. The second kappa shape index (κ2) is 8.29. The van der Waals surface area contributed by atoms with Crippen molar-refractivity contribution >= 4 is 5.97 Å². The molecule has 0 aliphatic carbocycles. The molecule has 0 aliphatic rings. The first-order valence-electron chi connectivity index (χ1n) is 9.03. The van der Waals surface area contributed by atoms with Crippen molar-refractivity contribution in [2.75, 3.05) is 0 Å². The Morgan fingerprint density at radius 2 is 1.80 bits per heavy atom. The molecular formula is C23H15N3O4. The Hall–Kier alpha value is -4.44. The first-order valence-corrected chi connectivity index (χ1v) is 9.03. The van der Waals surface area contributed by atoms with E-state index in [1.807, 2.05) is 30.3 Å². The molecule has 30 heavy (non-hydrogen) atoms. The molecule has 1 N–H and O–H groups in total. The summed E-state index contributed by atoms with van der Waals surface area (Å²) >= 11 is 0. The van der Waals surface area contributed by atoms with Gasteiger partial charge < -0.3 is 9.52 Å². The van der Waals surface area contributed by atoms with Gasteiger partial charge in [0.1, 0.15) is 5.69 Å². The van der Waals surface area contributed by atoms with Crippen LogP contribution in [0.25, 0.3) is 17.3 Å². The van der Waals surface area contributed by atoms with Crippen LogP contribution < -0.4 is 5.56 Å². The number of hydrogen-bond donors (Lipinski definition) is 1. The molecule has 4 rings (SSSR count). The molecular weight excluding hydrogens is 382 g/mol. The third-order valence-corrected chi connectivity index (χ3v) is 4.24. The second-order valence-corrected chi connectivity index (χ2v) is 6.32. The Labute approximate surface area is 171 Å². The van der Waals surface area contributed by atoms with Crippen molar-refractivity contribution in [1.29, 1.82) is 0 Å². The van der Waals surface area contributed by atoms with Crippen molar-refractivity contribution in [2.45, 2.75) is 6.42 Å². The van der Waals surface area contributed by atoms with Crippen LogP contribution in [0.5, 0.6) is 0 Å². The van der Waals surface area contributed by atoms with Crippen molar-refractivity contribution in [1.82, 2.24) is 14.8 Å². The third kappa shape index (κ3) is 4.18. The first-order chi connectivity index (χ1) is 14.6. The summed E-state index contributed by atoms with van der Waals surface area (Å²) in [4.78, 5) is 27.2. The number of rotatable bonds is 4. The van der Waals surface area contributed by atoms with Crippen LogP contribution in [0.15, 0.2) is 82.1 Å². The molecule has 0 fully saturated rings. The molecule has 2 heterocycles. The van der Waals surface area contributed by atoms with Gasteiger partial charge in [-0.1, -0.05) is 48.4 Å². The first kappa shape index (κ1) is 18.9. The molecule has 0 aliphatic heterocycles.